The van der Waals surface area contributed by atoms with Crippen LogP contribution in [0.4, 0.5) is 0 Å². The van der Waals surface area contributed by atoms with E-state index in [2.05, 4.69) is 0 Å². The van der Waals surface area contributed by atoms with Gasteiger partial charge in [-0.15, -0.1) is 0 Å². The van der Waals surface area contributed by atoms with Crippen LogP contribution in [0.1, 0.15) is 12.0 Å². The number of hydrogen-bond donors (Lipinski definition) is 1. The summed E-state index contributed by atoms with van der Waals surface area (Å²) in [7, 11) is -0.717. The van der Waals surface area contributed by atoms with Crippen LogP contribution in [0.15, 0.2) is 23.1 Å². The van der Waals surface area contributed by atoms with E-state index in [1.807, 2.05) is 6.92 Å². The molecular weight excluding hydrogens is 294 g/mol. The number of aryl methyl sites for hydroxylation is 1. The predicted molar refractivity (Wildman–Crippen MR) is 80.1 cm³/mol. The molecule has 1 aromatic rings. The zero-order valence-electron chi connectivity index (χ0n) is 12.7. The maximum Gasteiger partial charge on any atom is 0.246 e. The molecule has 0 saturated carbocycles. The Balaban J connectivity index is 3.12. The molecule has 0 aromatic heterocycles. The second-order valence-corrected chi connectivity index (χ2v) is 6.53. The summed E-state index contributed by atoms with van der Waals surface area (Å²) in [6.07, 6.45) is 0.559. The van der Waals surface area contributed by atoms with E-state index in [0.717, 1.165) is 5.56 Å². The van der Waals surface area contributed by atoms with Gasteiger partial charge in [0.15, 0.2) is 0 Å². The largest absolute Gasteiger partial charge is 0.495 e. The molecule has 1 aromatic carbocycles. The van der Waals surface area contributed by atoms with Gasteiger partial charge < -0.3 is 14.6 Å². The average molecular weight is 317 g/mol. The number of sulfonamides is 1. The van der Waals surface area contributed by atoms with Crippen molar-refractivity contribution in [3.63, 3.8) is 0 Å². The van der Waals surface area contributed by atoms with Gasteiger partial charge in [0.1, 0.15) is 10.6 Å². The third kappa shape index (κ3) is 4.67. The third-order valence-electron chi connectivity index (χ3n) is 3.04. The lowest BCUT2D eigenvalue weighted by Crippen LogP contribution is -2.35. The van der Waals surface area contributed by atoms with Crippen LogP contribution in [0.2, 0.25) is 0 Å². The Morgan fingerprint density at radius 1 is 1.24 bits per heavy atom. The summed E-state index contributed by atoms with van der Waals surface area (Å²) in [5.41, 5.74) is 0.829. The quantitative estimate of drug-likeness (QED) is 0.688. The molecule has 0 amide bonds. The number of hydrogen-bond acceptors (Lipinski definition) is 5. The molecular formula is C14H23NO5S. The van der Waals surface area contributed by atoms with E-state index >= 15 is 0 Å². The zero-order valence-corrected chi connectivity index (χ0v) is 13.5. The molecule has 0 bridgehead atoms. The fraction of sp³-hybridized carbons (Fsp3) is 0.571. The Hall–Kier alpha value is -1.15. The maximum absolute atomic E-state index is 12.7. The smallest absolute Gasteiger partial charge is 0.246 e. The lowest BCUT2D eigenvalue weighted by atomic mass is 10.2. The maximum atomic E-state index is 12.7. The molecule has 1 rings (SSSR count). The van der Waals surface area contributed by atoms with E-state index in [1.54, 1.807) is 25.3 Å². The Kier molecular flexibility index (Phi) is 7.10. The molecule has 0 aliphatic heterocycles. The fourth-order valence-corrected chi connectivity index (χ4v) is 3.68. The van der Waals surface area contributed by atoms with Gasteiger partial charge in [0.2, 0.25) is 10.0 Å². The number of ether oxygens (including phenoxy) is 2. The molecule has 6 nitrogen and oxygen atoms in total. The first-order valence-electron chi connectivity index (χ1n) is 6.72. The number of methoxy groups -OCH3 is 2. The minimum Gasteiger partial charge on any atom is -0.495 e. The monoisotopic (exact) mass is 317 g/mol. The van der Waals surface area contributed by atoms with Gasteiger partial charge in [0.25, 0.3) is 0 Å². The molecule has 1 N–H and O–H groups in total. The normalized spacial score (nSPS) is 11.9. The third-order valence-corrected chi connectivity index (χ3v) is 4.96. The fourth-order valence-electron chi connectivity index (χ4n) is 1.97. The molecule has 0 aliphatic carbocycles. The second-order valence-electron chi connectivity index (χ2n) is 4.63. The molecule has 0 aliphatic rings. The van der Waals surface area contributed by atoms with Crippen molar-refractivity contribution in [3.05, 3.63) is 23.8 Å². The van der Waals surface area contributed by atoms with Gasteiger partial charge in [0.05, 0.1) is 13.7 Å². The van der Waals surface area contributed by atoms with Crippen molar-refractivity contribution in [2.24, 2.45) is 0 Å². The summed E-state index contributed by atoms with van der Waals surface area (Å²) in [5, 5.41) is 9.12. The average Bonchev–Trinajstić information content (AvgIpc) is 2.46. The van der Waals surface area contributed by atoms with E-state index in [9.17, 15) is 8.42 Å². The van der Waals surface area contributed by atoms with Crippen LogP contribution in [0.25, 0.3) is 0 Å². The molecule has 7 heteroatoms. The van der Waals surface area contributed by atoms with Crippen molar-refractivity contribution in [2.45, 2.75) is 18.2 Å². The molecule has 0 radical (unpaired) electrons. The number of nitrogens with zero attached hydrogens (tertiary/aromatic N) is 1. The Morgan fingerprint density at radius 2 is 1.95 bits per heavy atom. The summed E-state index contributed by atoms with van der Waals surface area (Å²) in [6.45, 7) is 2.37. The highest BCUT2D eigenvalue weighted by molar-refractivity contribution is 7.89. The summed E-state index contributed by atoms with van der Waals surface area (Å²) in [5.74, 6) is 0.301. The number of benzene rings is 1. The van der Waals surface area contributed by atoms with Gasteiger partial charge in [-0.25, -0.2) is 8.42 Å². The van der Waals surface area contributed by atoms with E-state index in [4.69, 9.17) is 14.6 Å². The van der Waals surface area contributed by atoms with Crippen LogP contribution in [-0.4, -0.2) is 58.4 Å². The van der Waals surface area contributed by atoms with Crippen molar-refractivity contribution in [1.82, 2.24) is 4.31 Å². The predicted octanol–water partition coefficient (Wildman–Crippen LogP) is 1.02. The van der Waals surface area contributed by atoms with E-state index in [-0.39, 0.29) is 24.6 Å². The van der Waals surface area contributed by atoms with Crippen molar-refractivity contribution in [1.29, 1.82) is 0 Å². The Bertz CT molecular complexity index is 544. The number of aliphatic hydroxyl groups is 1. The minimum absolute atomic E-state index is 0.0448. The van der Waals surface area contributed by atoms with Crippen molar-refractivity contribution in [3.8, 4) is 5.75 Å². The highest BCUT2D eigenvalue weighted by Gasteiger charge is 2.27. The highest BCUT2D eigenvalue weighted by Crippen LogP contribution is 2.27. The van der Waals surface area contributed by atoms with Crippen LogP contribution in [0.5, 0.6) is 5.75 Å². The van der Waals surface area contributed by atoms with Crippen molar-refractivity contribution >= 4 is 10.0 Å². The highest BCUT2D eigenvalue weighted by atomic mass is 32.2. The Labute approximate surface area is 126 Å². The second kappa shape index (κ2) is 8.33. The molecule has 0 saturated heterocycles. The molecule has 0 fully saturated rings. The van der Waals surface area contributed by atoms with Crippen molar-refractivity contribution in [2.75, 3.05) is 40.5 Å². The van der Waals surface area contributed by atoms with Crippen LogP contribution in [-0.2, 0) is 14.8 Å². The molecule has 0 atom stereocenters. The molecule has 21 heavy (non-hydrogen) atoms. The lowest BCUT2D eigenvalue weighted by Gasteiger charge is -2.22. The first-order chi connectivity index (χ1) is 9.97. The molecule has 120 valence electrons. The Morgan fingerprint density at radius 3 is 2.52 bits per heavy atom. The SMILES string of the molecule is COCCCN(CCO)S(=O)(=O)c1cc(C)ccc1OC. The first-order valence-corrected chi connectivity index (χ1v) is 8.16. The standard InChI is InChI=1S/C14H23NO5S/c1-12-5-6-13(20-3)14(11-12)21(17,18)15(8-9-16)7-4-10-19-2/h5-6,11,16H,4,7-10H2,1-3H3. The summed E-state index contributed by atoms with van der Waals surface area (Å²) < 4.78 is 36.8. The van der Waals surface area contributed by atoms with E-state index < -0.39 is 10.0 Å². The van der Waals surface area contributed by atoms with Gasteiger partial charge in [0, 0.05) is 26.8 Å². The molecule has 0 heterocycles. The van der Waals surface area contributed by atoms with Crippen molar-refractivity contribution < 1.29 is 23.0 Å². The number of rotatable bonds is 9. The van der Waals surface area contributed by atoms with Crippen LogP contribution in [0.3, 0.4) is 0 Å². The molecule has 0 spiro atoms. The minimum atomic E-state index is -3.72. The zero-order chi connectivity index (χ0) is 15.9. The van der Waals surface area contributed by atoms with Crippen LogP contribution >= 0.6 is 0 Å². The van der Waals surface area contributed by atoms with Gasteiger partial charge in [-0.05, 0) is 31.0 Å². The van der Waals surface area contributed by atoms with E-state index in [0.29, 0.717) is 18.8 Å². The van der Waals surface area contributed by atoms with Gasteiger partial charge in [-0.3, -0.25) is 0 Å². The number of aliphatic hydroxyl groups excluding tert-OH is 1. The van der Waals surface area contributed by atoms with Crippen LogP contribution < -0.4 is 4.74 Å². The van der Waals surface area contributed by atoms with Gasteiger partial charge >= 0.3 is 0 Å². The lowest BCUT2D eigenvalue weighted by molar-refractivity contribution is 0.182. The molecule has 0 unspecified atom stereocenters. The van der Waals surface area contributed by atoms with Gasteiger partial charge in [-0.1, -0.05) is 6.07 Å². The summed E-state index contributed by atoms with van der Waals surface area (Å²) in [4.78, 5) is 0.121. The first kappa shape index (κ1) is 17.9. The van der Waals surface area contributed by atoms with E-state index in [1.165, 1.54) is 11.4 Å². The van der Waals surface area contributed by atoms with Gasteiger partial charge in [-0.2, -0.15) is 4.31 Å². The summed E-state index contributed by atoms with van der Waals surface area (Å²) >= 11 is 0. The topological polar surface area (TPSA) is 76.1 Å². The van der Waals surface area contributed by atoms with Crippen LogP contribution in [0, 0.1) is 6.92 Å². The summed E-state index contributed by atoms with van der Waals surface area (Å²) in [6, 6.07) is 5.00.